The summed E-state index contributed by atoms with van der Waals surface area (Å²) in [6.45, 7) is 1.98. The topological polar surface area (TPSA) is 65.2 Å². The number of thiophene rings is 1. The highest BCUT2D eigenvalue weighted by molar-refractivity contribution is 7.21. The number of halogens is 4. The Morgan fingerprint density at radius 3 is 2.57 bits per heavy atom. The Kier molecular flexibility index (Phi) is 5.17. The van der Waals surface area contributed by atoms with Crippen LogP contribution < -0.4 is 10.5 Å². The van der Waals surface area contributed by atoms with Crippen molar-refractivity contribution >= 4 is 33.0 Å². The van der Waals surface area contributed by atoms with E-state index in [0.717, 1.165) is 23.8 Å². The van der Waals surface area contributed by atoms with Gasteiger partial charge in [-0.05, 0) is 61.9 Å². The van der Waals surface area contributed by atoms with Crippen LogP contribution >= 0.6 is 11.3 Å². The zero-order valence-corrected chi connectivity index (χ0v) is 16.8. The molecule has 0 atom stereocenters. The number of ketones is 1. The van der Waals surface area contributed by atoms with Crippen LogP contribution in [0, 0.1) is 5.82 Å². The van der Waals surface area contributed by atoms with Crippen LogP contribution in [0.5, 0.6) is 5.75 Å². The summed E-state index contributed by atoms with van der Waals surface area (Å²) in [5, 5.41) is 0.414. The molecule has 0 fully saturated rings. The third kappa shape index (κ3) is 3.40. The zero-order chi connectivity index (χ0) is 21.6. The van der Waals surface area contributed by atoms with E-state index in [1.807, 2.05) is 0 Å². The van der Waals surface area contributed by atoms with Crippen molar-refractivity contribution in [1.29, 1.82) is 0 Å². The van der Waals surface area contributed by atoms with Crippen molar-refractivity contribution in [3.05, 3.63) is 51.3 Å². The lowest BCUT2D eigenvalue weighted by Crippen LogP contribution is -2.17. The number of alkyl halides is 3. The van der Waals surface area contributed by atoms with Gasteiger partial charge in [0, 0.05) is 10.9 Å². The Morgan fingerprint density at radius 2 is 1.93 bits per heavy atom. The second kappa shape index (κ2) is 7.54. The van der Waals surface area contributed by atoms with Gasteiger partial charge in [0.05, 0.1) is 12.3 Å². The summed E-state index contributed by atoms with van der Waals surface area (Å²) in [5.41, 5.74) is 6.15. The Hall–Kier alpha value is -2.68. The average molecular weight is 438 g/mol. The van der Waals surface area contributed by atoms with E-state index in [1.165, 1.54) is 12.1 Å². The second-order valence-electron chi connectivity index (χ2n) is 7.05. The van der Waals surface area contributed by atoms with Crippen molar-refractivity contribution in [3.63, 3.8) is 0 Å². The van der Waals surface area contributed by atoms with Gasteiger partial charge in [-0.25, -0.2) is 9.37 Å². The van der Waals surface area contributed by atoms with Crippen LogP contribution in [0.4, 0.5) is 23.2 Å². The number of pyridine rings is 1. The summed E-state index contributed by atoms with van der Waals surface area (Å²) in [5.74, 6) is -1.24. The Labute approximate surface area is 173 Å². The van der Waals surface area contributed by atoms with Crippen LogP contribution in [0.2, 0.25) is 0 Å². The standard InChI is InChI=1S/C21H18F4N2O2S/c1-2-29-14-8-7-10(9-13(14)22)17(28)18-16(26)15-11-5-3-4-6-12(11)19(21(23,24)25)27-20(15)30-18/h7-9H,2-6,26H2,1H3. The summed E-state index contributed by atoms with van der Waals surface area (Å²) < 4.78 is 60.0. The number of ether oxygens (including phenoxy) is 1. The van der Waals surface area contributed by atoms with Gasteiger partial charge in [-0.1, -0.05) is 0 Å². The molecule has 9 heteroatoms. The van der Waals surface area contributed by atoms with E-state index in [4.69, 9.17) is 10.5 Å². The molecule has 0 bridgehead atoms. The molecule has 4 rings (SSSR count). The number of fused-ring (bicyclic) bond motifs is 3. The van der Waals surface area contributed by atoms with E-state index in [-0.39, 0.29) is 45.3 Å². The van der Waals surface area contributed by atoms with Crippen LogP contribution in [0.15, 0.2) is 18.2 Å². The first-order chi connectivity index (χ1) is 14.2. The number of nitrogen functional groups attached to an aromatic ring is 1. The first kappa shape index (κ1) is 20.6. The Bertz CT molecular complexity index is 1150. The number of benzene rings is 1. The van der Waals surface area contributed by atoms with Gasteiger partial charge in [-0.15, -0.1) is 11.3 Å². The number of aromatic nitrogens is 1. The quantitative estimate of drug-likeness (QED) is 0.429. The lowest BCUT2D eigenvalue weighted by molar-refractivity contribution is -0.141. The van der Waals surface area contributed by atoms with Crippen LogP contribution in [0.1, 0.15) is 51.8 Å². The van der Waals surface area contributed by atoms with Crippen molar-refractivity contribution in [2.75, 3.05) is 12.3 Å². The van der Waals surface area contributed by atoms with Gasteiger partial charge in [-0.3, -0.25) is 4.79 Å². The third-order valence-corrected chi connectivity index (χ3v) is 6.26. The van der Waals surface area contributed by atoms with E-state index in [0.29, 0.717) is 23.8 Å². The van der Waals surface area contributed by atoms with Crippen LogP contribution in [-0.2, 0) is 19.0 Å². The fourth-order valence-corrected chi connectivity index (χ4v) is 4.95. The molecule has 2 N–H and O–H groups in total. The van der Waals surface area contributed by atoms with Crippen LogP contribution in [-0.4, -0.2) is 17.4 Å². The van der Waals surface area contributed by atoms with E-state index < -0.39 is 23.5 Å². The number of aryl methyl sites for hydroxylation is 1. The summed E-state index contributed by atoms with van der Waals surface area (Å²) >= 11 is 0.811. The molecule has 2 heterocycles. The van der Waals surface area contributed by atoms with Gasteiger partial charge in [0.15, 0.2) is 11.6 Å². The highest BCUT2D eigenvalue weighted by Crippen LogP contribution is 2.44. The van der Waals surface area contributed by atoms with E-state index in [2.05, 4.69) is 4.98 Å². The van der Waals surface area contributed by atoms with Crippen molar-refractivity contribution in [2.45, 2.75) is 38.8 Å². The molecule has 0 saturated carbocycles. The van der Waals surface area contributed by atoms with Crippen molar-refractivity contribution < 1.29 is 27.1 Å². The summed E-state index contributed by atoms with van der Waals surface area (Å²) in [6, 6.07) is 3.79. The number of carbonyl (C=O) groups is 1. The average Bonchev–Trinajstić information content (AvgIpc) is 3.04. The summed E-state index contributed by atoms with van der Waals surface area (Å²) in [6.07, 6.45) is -2.48. The maximum absolute atomic E-state index is 14.2. The number of hydrogen-bond acceptors (Lipinski definition) is 5. The smallest absolute Gasteiger partial charge is 0.433 e. The van der Waals surface area contributed by atoms with Crippen molar-refractivity contribution in [1.82, 2.24) is 4.98 Å². The Balaban J connectivity index is 1.86. The molecule has 0 saturated heterocycles. The van der Waals surface area contributed by atoms with Crippen LogP contribution in [0.25, 0.3) is 10.2 Å². The minimum atomic E-state index is -4.59. The highest BCUT2D eigenvalue weighted by Gasteiger charge is 2.38. The maximum Gasteiger partial charge on any atom is 0.433 e. The molecule has 1 aromatic carbocycles. The lowest BCUT2D eigenvalue weighted by Gasteiger charge is -2.21. The summed E-state index contributed by atoms with van der Waals surface area (Å²) in [4.78, 5) is 17.0. The molecule has 0 aliphatic heterocycles. The highest BCUT2D eigenvalue weighted by atomic mass is 32.1. The van der Waals surface area contributed by atoms with Crippen molar-refractivity contribution in [2.24, 2.45) is 0 Å². The fourth-order valence-electron chi connectivity index (χ4n) is 3.86. The molecular weight excluding hydrogens is 420 g/mol. The molecular formula is C21H18F4N2O2S. The molecule has 158 valence electrons. The molecule has 0 amide bonds. The normalized spacial score (nSPS) is 14.0. The molecule has 2 aromatic heterocycles. The SMILES string of the molecule is CCOc1ccc(C(=O)c2sc3nc(C(F)(F)F)c4c(c3c2N)CCCC4)cc1F. The van der Waals surface area contributed by atoms with Gasteiger partial charge in [0.1, 0.15) is 15.4 Å². The minimum Gasteiger partial charge on any atom is -0.491 e. The predicted molar refractivity (Wildman–Crippen MR) is 107 cm³/mol. The molecule has 1 aliphatic carbocycles. The molecule has 4 nitrogen and oxygen atoms in total. The number of hydrogen-bond donors (Lipinski definition) is 1. The van der Waals surface area contributed by atoms with Crippen LogP contribution in [0.3, 0.4) is 0 Å². The first-order valence-corrected chi connectivity index (χ1v) is 10.3. The molecule has 0 unspecified atom stereocenters. The number of nitrogens with zero attached hydrogens (tertiary/aromatic N) is 1. The third-order valence-electron chi connectivity index (χ3n) is 5.16. The molecule has 30 heavy (non-hydrogen) atoms. The van der Waals surface area contributed by atoms with E-state index >= 15 is 0 Å². The zero-order valence-electron chi connectivity index (χ0n) is 16.0. The predicted octanol–water partition coefficient (Wildman–Crippen LogP) is 5.54. The van der Waals surface area contributed by atoms with Gasteiger partial charge >= 0.3 is 6.18 Å². The number of nitrogens with two attached hydrogens (primary N) is 1. The molecule has 3 aromatic rings. The van der Waals surface area contributed by atoms with Gasteiger partial charge < -0.3 is 10.5 Å². The van der Waals surface area contributed by atoms with Gasteiger partial charge in [-0.2, -0.15) is 13.2 Å². The maximum atomic E-state index is 14.2. The van der Waals surface area contributed by atoms with E-state index in [9.17, 15) is 22.4 Å². The van der Waals surface area contributed by atoms with Gasteiger partial charge in [0.25, 0.3) is 0 Å². The van der Waals surface area contributed by atoms with E-state index in [1.54, 1.807) is 6.92 Å². The van der Waals surface area contributed by atoms with Gasteiger partial charge in [0.2, 0.25) is 5.78 Å². The fraction of sp³-hybridized carbons (Fsp3) is 0.333. The lowest BCUT2D eigenvalue weighted by atomic mass is 9.88. The molecule has 0 radical (unpaired) electrons. The number of rotatable bonds is 4. The minimum absolute atomic E-state index is 0.0175. The number of carbonyl (C=O) groups excluding carboxylic acids is 1. The van der Waals surface area contributed by atoms with Crippen molar-refractivity contribution in [3.8, 4) is 5.75 Å². The number of anilines is 1. The molecule has 0 spiro atoms. The Morgan fingerprint density at radius 1 is 1.23 bits per heavy atom. The first-order valence-electron chi connectivity index (χ1n) is 9.50. The monoisotopic (exact) mass is 438 g/mol. The molecule has 1 aliphatic rings. The largest absolute Gasteiger partial charge is 0.491 e. The summed E-state index contributed by atoms with van der Waals surface area (Å²) in [7, 11) is 0. The second-order valence-corrected chi connectivity index (χ2v) is 8.05.